The Morgan fingerprint density at radius 1 is 1.23 bits per heavy atom. The molecule has 0 amide bonds. The van der Waals surface area contributed by atoms with Crippen molar-refractivity contribution < 1.29 is 9.90 Å². The third-order valence-corrected chi connectivity index (χ3v) is 5.21. The second kappa shape index (κ2) is 6.62. The summed E-state index contributed by atoms with van der Waals surface area (Å²) in [6.45, 7) is 8.36. The van der Waals surface area contributed by atoms with Crippen molar-refractivity contribution in [3.05, 3.63) is 59.2 Å². The molecule has 0 heterocycles. The van der Waals surface area contributed by atoms with Gasteiger partial charge in [-0.3, -0.25) is 4.79 Å². The number of aliphatic hydroxyl groups excluding tert-OH is 1. The number of rotatable bonds is 5. The zero-order chi connectivity index (χ0) is 16.3. The number of carbonyl (C=O) groups excluding carboxylic acids is 1. The molecule has 0 radical (unpaired) electrons. The smallest absolute Gasteiger partial charge is 0.176 e. The van der Waals surface area contributed by atoms with Crippen molar-refractivity contribution >= 4 is 5.78 Å². The van der Waals surface area contributed by atoms with Crippen LogP contribution in [0.1, 0.15) is 52.2 Å². The van der Waals surface area contributed by atoms with Crippen molar-refractivity contribution in [2.24, 2.45) is 11.3 Å². The van der Waals surface area contributed by atoms with Gasteiger partial charge >= 0.3 is 0 Å². The maximum absolute atomic E-state index is 13.1. The van der Waals surface area contributed by atoms with Gasteiger partial charge in [0.05, 0.1) is 5.41 Å². The molecular weight excluding hydrogens is 272 g/mol. The van der Waals surface area contributed by atoms with E-state index >= 15 is 0 Å². The van der Waals surface area contributed by atoms with Gasteiger partial charge in [0.1, 0.15) is 6.10 Å². The van der Waals surface area contributed by atoms with Crippen LogP contribution in [-0.2, 0) is 4.79 Å². The lowest BCUT2D eigenvalue weighted by molar-refractivity contribution is -0.137. The largest absolute Gasteiger partial charge is 0.381 e. The maximum atomic E-state index is 13.1. The minimum atomic E-state index is -1.06. The molecule has 2 nitrogen and oxygen atoms in total. The first kappa shape index (κ1) is 16.7. The first-order valence-corrected chi connectivity index (χ1v) is 8.11. The third kappa shape index (κ3) is 2.68. The molecule has 0 fully saturated rings. The molecule has 1 aliphatic rings. The second-order valence-electron chi connectivity index (χ2n) is 6.23. The van der Waals surface area contributed by atoms with Gasteiger partial charge in [0.2, 0.25) is 0 Å². The van der Waals surface area contributed by atoms with Gasteiger partial charge in [-0.2, -0.15) is 0 Å². The minimum absolute atomic E-state index is 0.0869. The molecule has 3 atom stereocenters. The van der Waals surface area contributed by atoms with Gasteiger partial charge in [0, 0.05) is 0 Å². The van der Waals surface area contributed by atoms with Crippen molar-refractivity contribution in [3.63, 3.8) is 0 Å². The summed E-state index contributed by atoms with van der Waals surface area (Å²) in [6, 6.07) is 9.23. The minimum Gasteiger partial charge on any atom is -0.381 e. The predicted molar refractivity (Wildman–Crippen MR) is 90.4 cm³/mol. The molecule has 3 unspecified atom stereocenters. The highest BCUT2D eigenvalue weighted by Gasteiger charge is 2.46. The van der Waals surface area contributed by atoms with Crippen LogP contribution in [0.5, 0.6) is 0 Å². The summed E-state index contributed by atoms with van der Waals surface area (Å²) in [5.41, 5.74) is 2.57. The fourth-order valence-electron chi connectivity index (χ4n) is 3.69. The van der Waals surface area contributed by atoms with Crippen LogP contribution in [0.4, 0.5) is 0 Å². The predicted octanol–water partition coefficient (Wildman–Crippen LogP) is 4.62. The Bertz CT molecular complexity index is 597. The molecule has 2 rings (SSSR count). The van der Waals surface area contributed by atoms with E-state index in [2.05, 4.69) is 20.8 Å². The van der Waals surface area contributed by atoms with Crippen LogP contribution in [0, 0.1) is 11.3 Å². The summed E-state index contributed by atoms with van der Waals surface area (Å²) in [6.07, 6.45) is 4.61. The lowest BCUT2D eigenvalue weighted by Crippen LogP contribution is -2.41. The second-order valence-corrected chi connectivity index (χ2v) is 6.23. The summed E-state index contributed by atoms with van der Waals surface area (Å²) >= 11 is 0. The first-order chi connectivity index (χ1) is 10.5. The molecule has 0 aromatic heterocycles. The average Bonchev–Trinajstić information content (AvgIpc) is 2.56. The van der Waals surface area contributed by atoms with Crippen molar-refractivity contribution in [2.45, 2.75) is 46.6 Å². The molecule has 22 heavy (non-hydrogen) atoms. The van der Waals surface area contributed by atoms with Gasteiger partial charge < -0.3 is 5.11 Å². The molecular formula is C20H26O2. The quantitative estimate of drug-likeness (QED) is 0.861. The van der Waals surface area contributed by atoms with Crippen molar-refractivity contribution in [3.8, 4) is 0 Å². The van der Waals surface area contributed by atoms with Crippen molar-refractivity contribution in [1.82, 2.24) is 0 Å². The molecule has 0 aliphatic heterocycles. The van der Waals surface area contributed by atoms with Crippen molar-refractivity contribution in [2.75, 3.05) is 0 Å². The SMILES string of the molecule is CCC1C(C)=C(C)C=CC1(CC)C(=O)C(O)c1ccccc1. The zero-order valence-corrected chi connectivity index (χ0v) is 14.0. The Morgan fingerprint density at radius 2 is 1.86 bits per heavy atom. The number of carbonyl (C=O) groups is 1. The molecule has 1 aromatic carbocycles. The van der Waals surface area contributed by atoms with E-state index in [0.717, 1.165) is 6.42 Å². The monoisotopic (exact) mass is 298 g/mol. The fraction of sp³-hybridized carbons (Fsp3) is 0.450. The van der Waals surface area contributed by atoms with E-state index in [9.17, 15) is 9.90 Å². The summed E-state index contributed by atoms with van der Waals surface area (Å²) in [5, 5.41) is 10.6. The highest BCUT2D eigenvalue weighted by Crippen LogP contribution is 2.47. The summed E-state index contributed by atoms with van der Waals surface area (Å²) < 4.78 is 0. The summed E-state index contributed by atoms with van der Waals surface area (Å²) in [5.74, 6) is 0.0736. The standard InChI is InChI=1S/C20H26O2/c1-5-17-15(4)14(3)12-13-20(17,6-2)19(22)18(21)16-10-8-7-9-11-16/h7-13,17-18,21H,5-6H2,1-4H3. The summed E-state index contributed by atoms with van der Waals surface area (Å²) in [4.78, 5) is 13.1. The molecule has 118 valence electrons. The van der Waals surface area contributed by atoms with Crippen LogP contribution in [0.2, 0.25) is 0 Å². The third-order valence-electron chi connectivity index (χ3n) is 5.21. The van der Waals surface area contributed by atoms with Crippen LogP contribution in [0.15, 0.2) is 53.6 Å². The van der Waals surface area contributed by atoms with Crippen molar-refractivity contribution in [1.29, 1.82) is 0 Å². The lowest BCUT2D eigenvalue weighted by Gasteiger charge is -2.41. The number of Topliss-reactive ketones (excluding diaryl/α,β-unsaturated/α-hetero) is 1. The molecule has 1 aromatic rings. The number of ketones is 1. The Balaban J connectivity index is 2.42. The van der Waals surface area contributed by atoms with Gasteiger partial charge in [-0.05, 0) is 38.2 Å². The highest BCUT2D eigenvalue weighted by atomic mass is 16.3. The van der Waals surface area contributed by atoms with Crippen LogP contribution < -0.4 is 0 Å². The Hall–Kier alpha value is -1.67. The Kier molecular flexibility index (Phi) is 5.02. The zero-order valence-electron chi connectivity index (χ0n) is 14.0. The van der Waals surface area contributed by atoms with Crippen LogP contribution in [0.25, 0.3) is 0 Å². The summed E-state index contributed by atoms with van der Waals surface area (Å²) in [7, 11) is 0. The van der Waals surface area contributed by atoms with Gasteiger partial charge in [-0.25, -0.2) is 0 Å². The number of aliphatic hydroxyl groups is 1. The first-order valence-electron chi connectivity index (χ1n) is 8.11. The lowest BCUT2D eigenvalue weighted by atomic mass is 9.62. The Morgan fingerprint density at radius 3 is 2.41 bits per heavy atom. The van der Waals surface area contributed by atoms with Crippen LogP contribution in [0.3, 0.4) is 0 Å². The van der Waals surface area contributed by atoms with E-state index in [-0.39, 0.29) is 11.7 Å². The van der Waals surface area contributed by atoms with Gasteiger partial charge in [-0.1, -0.05) is 67.5 Å². The van der Waals surface area contributed by atoms with E-state index < -0.39 is 11.5 Å². The number of benzene rings is 1. The molecule has 1 aliphatic carbocycles. The Labute approximate surface area is 133 Å². The van der Waals surface area contributed by atoms with E-state index in [0.29, 0.717) is 12.0 Å². The van der Waals surface area contributed by atoms with Crippen LogP contribution >= 0.6 is 0 Å². The molecule has 0 bridgehead atoms. The molecule has 2 heteroatoms. The highest BCUT2D eigenvalue weighted by molar-refractivity contribution is 5.92. The van der Waals surface area contributed by atoms with Gasteiger partial charge in [-0.15, -0.1) is 0 Å². The topological polar surface area (TPSA) is 37.3 Å². The number of hydrogen-bond acceptors (Lipinski definition) is 2. The maximum Gasteiger partial charge on any atom is 0.176 e. The fourth-order valence-corrected chi connectivity index (χ4v) is 3.69. The van der Waals surface area contributed by atoms with Gasteiger partial charge in [0.25, 0.3) is 0 Å². The molecule has 0 spiro atoms. The normalized spacial score (nSPS) is 26.1. The molecule has 1 N–H and O–H groups in total. The molecule has 0 saturated carbocycles. The van der Waals surface area contributed by atoms with Crippen LogP contribution in [-0.4, -0.2) is 10.9 Å². The van der Waals surface area contributed by atoms with Gasteiger partial charge in [0.15, 0.2) is 5.78 Å². The van der Waals surface area contributed by atoms with E-state index in [1.165, 1.54) is 11.1 Å². The number of hydrogen-bond donors (Lipinski definition) is 1. The van der Waals surface area contributed by atoms with E-state index in [1.807, 2.05) is 49.4 Å². The van der Waals surface area contributed by atoms with E-state index in [4.69, 9.17) is 0 Å². The molecule has 0 saturated heterocycles. The van der Waals surface area contributed by atoms with E-state index in [1.54, 1.807) is 0 Å². The average molecular weight is 298 g/mol. The number of allylic oxidation sites excluding steroid dienone is 4.